The van der Waals surface area contributed by atoms with Gasteiger partial charge in [0, 0.05) is 12.4 Å². The van der Waals surface area contributed by atoms with Gasteiger partial charge in [0.05, 0.1) is 0 Å². The third-order valence-corrected chi connectivity index (χ3v) is 0.562. The maximum Gasteiger partial charge on any atom is 3.00 e. The molecule has 0 fully saturated rings. The van der Waals surface area contributed by atoms with Crippen molar-refractivity contribution in [3.05, 3.63) is 12.7 Å². The summed E-state index contributed by atoms with van der Waals surface area (Å²) in [5.41, 5.74) is 0. The zero-order valence-electron chi connectivity index (χ0n) is 12.9. The molecule has 116 valence electrons. The topological polar surface area (TPSA) is 124 Å². The van der Waals surface area contributed by atoms with Crippen LogP contribution in [0.4, 0.5) is 0 Å². The van der Waals surface area contributed by atoms with Crippen LogP contribution in [-0.4, -0.2) is 46.6 Å². The second-order valence-electron chi connectivity index (χ2n) is 3.81. The van der Waals surface area contributed by atoms with E-state index in [2.05, 4.69) is 6.58 Å². The monoisotopic (exact) mass is 304 g/mol. The van der Waals surface area contributed by atoms with Gasteiger partial charge in [0.2, 0.25) is 0 Å². The molecule has 0 unspecified atom stereocenters. The Kier molecular flexibility index (Phi) is 42.0. The number of allylic oxidation sites excluding steroid dienone is 1. The van der Waals surface area contributed by atoms with Gasteiger partial charge in [-0.1, -0.05) is 33.8 Å². The maximum atomic E-state index is 9.71. The molecule has 20 heavy (non-hydrogen) atoms. The van der Waals surface area contributed by atoms with E-state index >= 15 is 0 Å². The minimum absolute atomic E-state index is 0. The summed E-state index contributed by atoms with van der Waals surface area (Å²) in [6, 6.07) is 0. The van der Waals surface area contributed by atoms with Gasteiger partial charge in [0.15, 0.2) is 0 Å². The van der Waals surface area contributed by atoms with Crippen molar-refractivity contribution in [1.29, 1.82) is 0 Å². The van der Waals surface area contributed by atoms with Crippen LogP contribution in [0.15, 0.2) is 12.7 Å². The number of carboxylic acids is 2. The third kappa shape index (κ3) is 454. The second kappa shape index (κ2) is 26.6. The van der Waals surface area contributed by atoms with Gasteiger partial charge in [-0.25, -0.2) is 0 Å². The molecule has 0 aromatic heterocycles. The molecule has 0 amide bonds. The number of carbonyl (C=O) groups excluding carboxylic acids is 1. The molecular weight excluding hydrogens is 279 g/mol. The van der Waals surface area contributed by atoms with Crippen molar-refractivity contribution in [2.75, 3.05) is 0 Å². The first kappa shape index (κ1) is 31.5. The van der Waals surface area contributed by atoms with Gasteiger partial charge >= 0.3 is 23.3 Å². The molecule has 0 spiro atoms. The molecule has 0 saturated heterocycles. The van der Waals surface area contributed by atoms with E-state index in [0.717, 1.165) is 6.92 Å². The fourth-order valence-electron chi connectivity index (χ4n) is 0.226. The summed E-state index contributed by atoms with van der Waals surface area (Å²) in [5.74, 6) is -1.85. The molecule has 0 aliphatic rings. The Labute approximate surface area is 132 Å². The van der Waals surface area contributed by atoms with Crippen molar-refractivity contribution >= 4 is 29.3 Å². The van der Waals surface area contributed by atoms with E-state index in [1.165, 1.54) is 0 Å². The normalized spacial score (nSPS) is 7.65. The van der Waals surface area contributed by atoms with Crippen LogP contribution in [0.3, 0.4) is 0 Å². The molecule has 0 bridgehead atoms. The fraction of sp³-hybridized carbons (Fsp3) is 0.692. The van der Waals surface area contributed by atoms with E-state index < -0.39 is 24.1 Å². The van der Waals surface area contributed by atoms with Crippen molar-refractivity contribution in [3.8, 4) is 0 Å². The third-order valence-electron chi connectivity index (χ3n) is 0.562. The summed E-state index contributed by atoms with van der Waals surface area (Å²) in [5, 5.41) is 35.9. The first-order valence-corrected chi connectivity index (χ1v) is 5.79. The first-order chi connectivity index (χ1) is 8.47. The summed E-state index contributed by atoms with van der Waals surface area (Å²) in [7, 11) is 0. The molecule has 1 N–H and O–H groups in total. The van der Waals surface area contributed by atoms with E-state index in [9.17, 15) is 15.0 Å². The summed E-state index contributed by atoms with van der Waals surface area (Å²) in [6.07, 6.45) is 1.52. The zero-order chi connectivity index (χ0) is 16.4. The van der Waals surface area contributed by atoms with Crippen molar-refractivity contribution < 1.29 is 30.0 Å². The van der Waals surface area contributed by atoms with Gasteiger partial charge in [0.25, 0.3) is 0 Å². The second-order valence-corrected chi connectivity index (χ2v) is 3.81. The van der Waals surface area contributed by atoms with Crippen LogP contribution in [-0.2, 0) is 9.59 Å². The van der Waals surface area contributed by atoms with Crippen LogP contribution >= 0.6 is 0 Å². The van der Waals surface area contributed by atoms with Crippen molar-refractivity contribution in [2.24, 2.45) is 0 Å². The van der Waals surface area contributed by atoms with Gasteiger partial charge < -0.3 is 25.2 Å². The Morgan fingerprint density at radius 2 is 1.35 bits per heavy atom. The van der Waals surface area contributed by atoms with Crippen LogP contribution in [0, 0.1) is 0 Å². The molecule has 0 aliphatic heterocycles. The van der Waals surface area contributed by atoms with Crippen LogP contribution in [0.25, 0.3) is 0 Å². The number of hydrogen-bond acceptors (Lipinski definition) is 5. The van der Waals surface area contributed by atoms with Crippen LogP contribution in [0.2, 0.25) is 0 Å². The standard InChI is InChI=1S/C5H8O2.2C3H7O.C2H4O2.Al/c1-2-3-4-5(6)7;2*1-3(2)4;1-2(3)4;/h2H,1,3-4H2,(H,6,7);2*3H,1-2H3;1H3,(H,3,4);/q;2*-1;;+3/p-1. The molecule has 0 saturated carbocycles. The van der Waals surface area contributed by atoms with Gasteiger partial charge in [-0.3, -0.25) is 4.79 Å². The first-order valence-electron chi connectivity index (χ1n) is 5.79. The number of hydrogen-bond donors (Lipinski definition) is 1. The van der Waals surface area contributed by atoms with E-state index in [0.29, 0.717) is 6.42 Å². The fourth-order valence-corrected chi connectivity index (χ4v) is 0.226. The molecule has 0 rings (SSSR count). The Balaban J connectivity index is -0.0000000512. The molecular formula is C13H25AlO6. The Bertz CT molecular complexity index is 201. The molecule has 0 aromatic rings. The molecule has 0 radical (unpaired) electrons. The van der Waals surface area contributed by atoms with Gasteiger partial charge in [-0.05, 0) is 13.3 Å². The summed E-state index contributed by atoms with van der Waals surface area (Å²) >= 11 is 0. The average Bonchev–Trinajstić information content (AvgIpc) is 2.11. The maximum absolute atomic E-state index is 9.71. The average molecular weight is 304 g/mol. The summed E-state index contributed by atoms with van der Waals surface area (Å²) < 4.78 is 0. The number of aliphatic carboxylic acids is 2. The molecule has 0 aliphatic carbocycles. The predicted molar refractivity (Wildman–Crippen MR) is 73.8 cm³/mol. The van der Waals surface area contributed by atoms with Gasteiger partial charge in [0.1, 0.15) is 0 Å². The largest absolute Gasteiger partial charge is 3.00 e. The van der Waals surface area contributed by atoms with E-state index in [-0.39, 0.29) is 23.8 Å². The van der Waals surface area contributed by atoms with Crippen LogP contribution < -0.4 is 15.3 Å². The molecule has 0 heterocycles. The van der Waals surface area contributed by atoms with Crippen molar-refractivity contribution in [2.45, 2.75) is 59.7 Å². The SMILES string of the molecule is C=CCCC(=O)O.CC(=O)[O-].CC(C)[O-].CC(C)[O-].[Al+3]. The number of carboxylic acid groups (broad SMARTS) is 2. The van der Waals surface area contributed by atoms with Crippen LogP contribution in [0.1, 0.15) is 47.5 Å². The minimum Gasteiger partial charge on any atom is -0.852 e. The van der Waals surface area contributed by atoms with Crippen molar-refractivity contribution in [1.82, 2.24) is 0 Å². The number of carbonyl (C=O) groups is 2. The minimum atomic E-state index is -1.08. The Morgan fingerprint density at radius 1 is 1.15 bits per heavy atom. The number of rotatable bonds is 3. The Hall–Kier alpha value is -0.868. The quantitative estimate of drug-likeness (QED) is 0.522. The summed E-state index contributed by atoms with van der Waals surface area (Å²) in [6.45, 7) is 10.8. The van der Waals surface area contributed by atoms with E-state index in [1.54, 1.807) is 33.8 Å². The van der Waals surface area contributed by atoms with Crippen LogP contribution in [0.5, 0.6) is 0 Å². The van der Waals surface area contributed by atoms with E-state index in [1.807, 2.05) is 0 Å². The molecule has 7 heteroatoms. The van der Waals surface area contributed by atoms with Gasteiger partial charge in [-0.15, -0.1) is 18.8 Å². The molecule has 0 aromatic carbocycles. The van der Waals surface area contributed by atoms with Gasteiger partial charge in [-0.2, -0.15) is 0 Å². The smallest absolute Gasteiger partial charge is 0.852 e. The summed E-state index contributed by atoms with van der Waals surface area (Å²) in [4.78, 5) is 18.6. The Morgan fingerprint density at radius 3 is 1.40 bits per heavy atom. The predicted octanol–water partition coefficient (Wildman–Crippen LogP) is -1.08. The van der Waals surface area contributed by atoms with E-state index in [4.69, 9.17) is 15.0 Å². The molecule has 6 nitrogen and oxygen atoms in total. The zero-order valence-corrected chi connectivity index (χ0v) is 14.1. The van der Waals surface area contributed by atoms with Crippen molar-refractivity contribution in [3.63, 3.8) is 0 Å². The molecule has 0 atom stereocenters.